The number of amides is 1. The van der Waals surface area contributed by atoms with Crippen LogP contribution < -0.4 is 9.47 Å². The smallest absolute Gasteiger partial charge is 0.260 e. The summed E-state index contributed by atoms with van der Waals surface area (Å²) in [5, 5.41) is 0. The van der Waals surface area contributed by atoms with Crippen molar-refractivity contribution in [1.82, 2.24) is 4.90 Å². The molecule has 2 saturated heterocycles. The number of nitrogens with zero attached hydrogens (tertiary/aromatic N) is 1. The summed E-state index contributed by atoms with van der Waals surface area (Å²) in [7, 11) is 0. The molecule has 3 aliphatic heterocycles. The summed E-state index contributed by atoms with van der Waals surface area (Å²) < 4.78 is 23.3. The molecule has 6 nitrogen and oxygen atoms in total. The van der Waals surface area contributed by atoms with Crippen LogP contribution in [-0.2, 0) is 20.7 Å². The molecule has 0 bridgehead atoms. The molecule has 6 heteroatoms. The Morgan fingerprint density at radius 3 is 2.54 bits per heavy atom. The van der Waals surface area contributed by atoms with Gasteiger partial charge in [-0.1, -0.05) is 12.1 Å². The zero-order valence-electron chi connectivity index (χ0n) is 16.0. The molecule has 1 aromatic carbocycles. The van der Waals surface area contributed by atoms with Gasteiger partial charge in [-0.3, -0.25) is 4.79 Å². The fourth-order valence-corrected chi connectivity index (χ4v) is 3.79. The highest BCUT2D eigenvalue weighted by Crippen LogP contribution is 2.42. The topological polar surface area (TPSA) is 57.2 Å². The largest absolute Gasteiger partial charge is 0.483 e. The van der Waals surface area contributed by atoms with Crippen LogP contribution in [0.3, 0.4) is 0 Å². The van der Waals surface area contributed by atoms with Gasteiger partial charge in [0.05, 0.1) is 18.6 Å². The molecule has 0 aliphatic carbocycles. The van der Waals surface area contributed by atoms with E-state index in [2.05, 4.69) is 13.8 Å². The summed E-state index contributed by atoms with van der Waals surface area (Å²) in [6, 6.07) is 5.85. The Kier molecular flexibility index (Phi) is 3.97. The zero-order chi connectivity index (χ0) is 18.6. The van der Waals surface area contributed by atoms with Gasteiger partial charge in [-0.05, 0) is 33.8 Å². The second-order valence-corrected chi connectivity index (χ2v) is 8.80. The average molecular weight is 361 g/mol. The molecule has 0 N–H and O–H groups in total. The SMILES string of the molecule is CC1(C)Cc2cccc(OCC(=O)N3CC4(COC(C)(C)OC4)C3)c2O1. The lowest BCUT2D eigenvalue weighted by atomic mass is 9.80. The van der Waals surface area contributed by atoms with Crippen LogP contribution in [0.5, 0.6) is 11.5 Å². The lowest BCUT2D eigenvalue weighted by Gasteiger charge is -2.53. The van der Waals surface area contributed by atoms with Gasteiger partial charge in [-0.2, -0.15) is 0 Å². The van der Waals surface area contributed by atoms with E-state index in [1.807, 2.05) is 32.0 Å². The highest BCUT2D eigenvalue weighted by molar-refractivity contribution is 5.79. The van der Waals surface area contributed by atoms with Crippen molar-refractivity contribution < 1.29 is 23.7 Å². The van der Waals surface area contributed by atoms with Gasteiger partial charge in [0.1, 0.15) is 5.60 Å². The average Bonchev–Trinajstić information content (AvgIpc) is 2.85. The number of hydrogen-bond donors (Lipinski definition) is 0. The highest BCUT2D eigenvalue weighted by atomic mass is 16.7. The Morgan fingerprint density at radius 1 is 1.15 bits per heavy atom. The molecular weight excluding hydrogens is 334 g/mol. The Hall–Kier alpha value is -1.79. The van der Waals surface area contributed by atoms with Crippen molar-refractivity contribution in [2.75, 3.05) is 32.9 Å². The van der Waals surface area contributed by atoms with Gasteiger partial charge in [-0.25, -0.2) is 0 Å². The van der Waals surface area contributed by atoms with E-state index in [1.165, 1.54) is 0 Å². The van der Waals surface area contributed by atoms with Crippen molar-refractivity contribution in [1.29, 1.82) is 0 Å². The van der Waals surface area contributed by atoms with E-state index < -0.39 is 5.79 Å². The lowest BCUT2D eigenvalue weighted by molar-refractivity contribution is -0.303. The van der Waals surface area contributed by atoms with E-state index in [1.54, 1.807) is 4.90 Å². The molecule has 0 radical (unpaired) electrons. The summed E-state index contributed by atoms with van der Waals surface area (Å²) in [6.07, 6.45) is 0.846. The van der Waals surface area contributed by atoms with Crippen LogP contribution in [0.25, 0.3) is 0 Å². The minimum atomic E-state index is -0.528. The number of fused-ring (bicyclic) bond motifs is 1. The first-order valence-electron chi connectivity index (χ1n) is 9.17. The van der Waals surface area contributed by atoms with Crippen LogP contribution >= 0.6 is 0 Å². The third-order valence-corrected chi connectivity index (χ3v) is 5.26. The quantitative estimate of drug-likeness (QED) is 0.827. The zero-order valence-corrected chi connectivity index (χ0v) is 16.0. The number of para-hydroxylation sites is 1. The molecule has 0 atom stereocenters. The molecule has 0 unspecified atom stereocenters. The number of carbonyl (C=O) groups excluding carboxylic acids is 1. The standard InChI is InChI=1S/C20H27NO5/c1-18(2)8-14-6-5-7-15(17(14)26-18)23-9-16(22)21-10-20(11-21)12-24-19(3,4)25-13-20/h5-7H,8-13H2,1-4H3. The summed E-state index contributed by atoms with van der Waals surface area (Å²) in [6.45, 7) is 10.5. The lowest BCUT2D eigenvalue weighted by Crippen LogP contribution is -2.66. The summed E-state index contributed by atoms with van der Waals surface area (Å²) >= 11 is 0. The Bertz CT molecular complexity index is 709. The maximum Gasteiger partial charge on any atom is 0.260 e. The fourth-order valence-electron chi connectivity index (χ4n) is 3.79. The van der Waals surface area contributed by atoms with E-state index in [4.69, 9.17) is 18.9 Å². The van der Waals surface area contributed by atoms with Gasteiger partial charge in [-0.15, -0.1) is 0 Å². The molecule has 4 rings (SSSR count). The molecule has 0 aromatic heterocycles. The van der Waals surface area contributed by atoms with Crippen LogP contribution in [0.1, 0.15) is 33.3 Å². The number of ether oxygens (including phenoxy) is 4. The first-order valence-corrected chi connectivity index (χ1v) is 9.17. The molecule has 26 heavy (non-hydrogen) atoms. The first kappa shape index (κ1) is 17.6. The van der Waals surface area contributed by atoms with E-state index in [-0.39, 0.29) is 23.5 Å². The van der Waals surface area contributed by atoms with Crippen molar-refractivity contribution in [3.63, 3.8) is 0 Å². The van der Waals surface area contributed by atoms with Crippen molar-refractivity contribution in [3.05, 3.63) is 23.8 Å². The van der Waals surface area contributed by atoms with Crippen molar-refractivity contribution in [3.8, 4) is 11.5 Å². The predicted octanol–water partition coefficient (Wildman–Crippen LogP) is 2.39. The van der Waals surface area contributed by atoms with Crippen LogP contribution in [0.4, 0.5) is 0 Å². The van der Waals surface area contributed by atoms with E-state index >= 15 is 0 Å². The second kappa shape index (κ2) is 5.86. The van der Waals surface area contributed by atoms with Gasteiger partial charge >= 0.3 is 0 Å². The van der Waals surface area contributed by atoms with Crippen LogP contribution in [0.15, 0.2) is 18.2 Å². The minimum Gasteiger partial charge on any atom is -0.483 e. The Balaban J connectivity index is 1.31. The monoisotopic (exact) mass is 361 g/mol. The van der Waals surface area contributed by atoms with Gasteiger partial charge < -0.3 is 23.8 Å². The molecule has 3 aliphatic rings. The maximum atomic E-state index is 12.5. The van der Waals surface area contributed by atoms with Crippen molar-refractivity contribution in [2.45, 2.75) is 45.5 Å². The number of benzene rings is 1. The van der Waals surface area contributed by atoms with Gasteiger partial charge in [0.2, 0.25) is 0 Å². The van der Waals surface area contributed by atoms with E-state index in [0.29, 0.717) is 32.1 Å². The molecule has 3 heterocycles. The summed E-state index contributed by atoms with van der Waals surface area (Å²) in [5.74, 6) is 0.861. The molecule has 2 fully saturated rings. The van der Waals surface area contributed by atoms with Crippen molar-refractivity contribution in [2.24, 2.45) is 5.41 Å². The fraction of sp³-hybridized carbons (Fsp3) is 0.650. The summed E-state index contributed by atoms with van der Waals surface area (Å²) in [4.78, 5) is 14.3. The van der Waals surface area contributed by atoms with Gasteiger partial charge in [0.25, 0.3) is 5.91 Å². The molecule has 142 valence electrons. The summed E-state index contributed by atoms with van der Waals surface area (Å²) in [5.41, 5.74) is 0.832. The Labute approximate surface area is 154 Å². The van der Waals surface area contributed by atoms with Gasteiger partial charge in [0, 0.05) is 25.1 Å². The minimum absolute atomic E-state index is 0.0174. The van der Waals surface area contributed by atoms with Crippen molar-refractivity contribution >= 4 is 5.91 Å². The molecular formula is C20H27NO5. The van der Waals surface area contributed by atoms with E-state index in [0.717, 1.165) is 17.7 Å². The van der Waals surface area contributed by atoms with Gasteiger partial charge in [0.15, 0.2) is 23.9 Å². The number of likely N-dealkylation sites (tertiary alicyclic amines) is 1. The second-order valence-electron chi connectivity index (χ2n) is 8.80. The third-order valence-electron chi connectivity index (χ3n) is 5.26. The molecule has 1 spiro atoms. The highest BCUT2D eigenvalue weighted by Gasteiger charge is 2.50. The normalized spacial score (nSPS) is 24.5. The third kappa shape index (κ3) is 3.28. The Morgan fingerprint density at radius 2 is 1.85 bits per heavy atom. The number of rotatable bonds is 3. The van der Waals surface area contributed by atoms with Crippen LogP contribution in [-0.4, -0.2) is 55.1 Å². The number of hydrogen-bond acceptors (Lipinski definition) is 5. The van der Waals surface area contributed by atoms with E-state index in [9.17, 15) is 4.79 Å². The molecule has 1 aromatic rings. The molecule has 1 amide bonds. The first-order chi connectivity index (χ1) is 12.2. The maximum absolute atomic E-state index is 12.5. The van der Waals surface area contributed by atoms with Crippen LogP contribution in [0.2, 0.25) is 0 Å². The number of carbonyl (C=O) groups is 1. The van der Waals surface area contributed by atoms with Crippen LogP contribution in [0, 0.1) is 5.41 Å². The predicted molar refractivity (Wildman–Crippen MR) is 95.3 cm³/mol. The molecule has 0 saturated carbocycles.